The van der Waals surface area contributed by atoms with E-state index in [9.17, 15) is 9.18 Å². The fourth-order valence-corrected chi connectivity index (χ4v) is 4.93. The lowest BCUT2D eigenvalue weighted by atomic mass is 9.84. The van der Waals surface area contributed by atoms with E-state index in [2.05, 4.69) is 10.3 Å². The number of aromatic nitrogens is 1. The molecule has 0 saturated heterocycles. The number of para-hydroxylation sites is 1. The number of anilines is 1. The van der Waals surface area contributed by atoms with E-state index < -0.39 is 0 Å². The monoisotopic (exact) mass is 374 g/mol. The summed E-state index contributed by atoms with van der Waals surface area (Å²) in [4.78, 5) is 17.3. The minimum atomic E-state index is -0.291. The van der Waals surface area contributed by atoms with Crippen molar-refractivity contribution in [3.8, 4) is 11.1 Å². The summed E-state index contributed by atoms with van der Waals surface area (Å²) in [6.07, 6.45) is 8.90. The molecule has 2 aromatic carbocycles. The molecule has 1 atom stereocenters. The number of benzene rings is 2. The fourth-order valence-electron chi connectivity index (χ4n) is 4.93. The Morgan fingerprint density at radius 1 is 1.04 bits per heavy atom. The molecule has 1 aromatic heterocycles. The van der Waals surface area contributed by atoms with E-state index in [1.807, 2.05) is 30.3 Å². The van der Waals surface area contributed by atoms with Crippen LogP contribution < -0.4 is 5.32 Å². The molecule has 2 aliphatic carbocycles. The van der Waals surface area contributed by atoms with Gasteiger partial charge in [-0.15, -0.1) is 0 Å². The van der Waals surface area contributed by atoms with Crippen molar-refractivity contribution in [2.45, 2.75) is 38.5 Å². The SMILES string of the molecule is O=C(Nc1ccccc1-c1ccnc2ccc(F)cc12)C1CC12CCCCC2. The van der Waals surface area contributed by atoms with Crippen LogP contribution in [0.1, 0.15) is 38.5 Å². The van der Waals surface area contributed by atoms with Gasteiger partial charge in [0.1, 0.15) is 5.82 Å². The van der Waals surface area contributed by atoms with Crippen LogP contribution in [-0.2, 0) is 4.79 Å². The van der Waals surface area contributed by atoms with Crippen LogP contribution in [0.3, 0.4) is 0 Å². The van der Waals surface area contributed by atoms with Gasteiger partial charge in [-0.3, -0.25) is 9.78 Å². The largest absolute Gasteiger partial charge is 0.325 e. The summed E-state index contributed by atoms with van der Waals surface area (Å²) in [6, 6.07) is 14.3. The third-order valence-corrected chi connectivity index (χ3v) is 6.53. The number of carbonyl (C=O) groups is 1. The Balaban J connectivity index is 1.47. The first-order valence-electron chi connectivity index (χ1n) is 10.1. The zero-order chi connectivity index (χ0) is 19.1. The molecule has 1 unspecified atom stereocenters. The summed E-state index contributed by atoms with van der Waals surface area (Å²) in [7, 11) is 0. The van der Waals surface area contributed by atoms with Gasteiger partial charge in [-0.1, -0.05) is 37.5 Å². The molecule has 4 heteroatoms. The van der Waals surface area contributed by atoms with E-state index in [0.717, 1.165) is 34.1 Å². The second-order valence-electron chi connectivity index (χ2n) is 8.23. The van der Waals surface area contributed by atoms with Gasteiger partial charge in [0.25, 0.3) is 0 Å². The number of fused-ring (bicyclic) bond motifs is 1. The van der Waals surface area contributed by atoms with Crippen molar-refractivity contribution >= 4 is 22.5 Å². The van der Waals surface area contributed by atoms with Crippen LogP contribution in [0.25, 0.3) is 22.0 Å². The second kappa shape index (κ2) is 6.69. The molecular formula is C24H23FN2O. The van der Waals surface area contributed by atoms with Crippen molar-refractivity contribution in [3.05, 3.63) is 60.5 Å². The van der Waals surface area contributed by atoms with Gasteiger partial charge in [0.2, 0.25) is 5.91 Å². The maximum absolute atomic E-state index is 13.9. The minimum absolute atomic E-state index is 0.124. The first kappa shape index (κ1) is 17.4. The maximum Gasteiger partial charge on any atom is 0.228 e. The van der Waals surface area contributed by atoms with Gasteiger partial charge in [-0.2, -0.15) is 0 Å². The Morgan fingerprint density at radius 3 is 2.71 bits per heavy atom. The molecular weight excluding hydrogens is 351 g/mol. The first-order valence-corrected chi connectivity index (χ1v) is 10.1. The Hall–Kier alpha value is -2.75. The molecule has 28 heavy (non-hydrogen) atoms. The third kappa shape index (κ3) is 2.97. The minimum Gasteiger partial charge on any atom is -0.325 e. The summed E-state index contributed by atoms with van der Waals surface area (Å²) in [6.45, 7) is 0. The number of hydrogen-bond acceptors (Lipinski definition) is 2. The molecule has 2 saturated carbocycles. The predicted octanol–water partition coefficient (Wildman–Crippen LogP) is 5.95. The van der Waals surface area contributed by atoms with Crippen molar-refractivity contribution in [2.24, 2.45) is 11.3 Å². The van der Waals surface area contributed by atoms with Gasteiger partial charge in [0.05, 0.1) is 5.52 Å². The van der Waals surface area contributed by atoms with E-state index in [4.69, 9.17) is 0 Å². The molecule has 0 bridgehead atoms. The summed E-state index contributed by atoms with van der Waals surface area (Å²) < 4.78 is 13.9. The van der Waals surface area contributed by atoms with Gasteiger partial charge in [0, 0.05) is 28.8 Å². The van der Waals surface area contributed by atoms with E-state index in [0.29, 0.717) is 0 Å². The quantitative estimate of drug-likeness (QED) is 0.615. The van der Waals surface area contributed by atoms with Crippen LogP contribution in [0, 0.1) is 17.2 Å². The second-order valence-corrected chi connectivity index (χ2v) is 8.23. The van der Waals surface area contributed by atoms with E-state index in [1.165, 1.54) is 44.2 Å². The molecule has 0 radical (unpaired) electrons. The highest BCUT2D eigenvalue weighted by Gasteiger charge is 2.57. The standard InChI is InChI=1S/C24H23FN2O/c25-16-8-9-21-19(14-16)17(10-13-26-21)18-6-2-3-7-22(18)27-23(28)20-15-24(20)11-4-1-5-12-24/h2-3,6-10,13-14,20H,1,4-5,11-12,15H2,(H,27,28). The van der Waals surface area contributed by atoms with E-state index >= 15 is 0 Å². The molecule has 1 amide bonds. The number of pyridine rings is 1. The normalized spacial score (nSPS) is 20.2. The van der Waals surface area contributed by atoms with Crippen LogP contribution in [0.5, 0.6) is 0 Å². The van der Waals surface area contributed by atoms with Crippen molar-refractivity contribution in [1.82, 2.24) is 4.98 Å². The Morgan fingerprint density at radius 2 is 1.86 bits per heavy atom. The molecule has 1 spiro atoms. The van der Waals surface area contributed by atoms with Crippen molar-refractivity contribution in [3.63, 3.8) is 0 Å². The third-order valence-electron chi connectivity index (χ3n) is 6.53. The van der Waals surface area contributed by atoms with Crippen LogP contribution in [0.4, 0.5) is 10.1 Å². The van der Waals surface area contributed by atoms with Gasteiger partial charge in [-0.05, 0) is 60.6 Å². The smallest absolute Gasteiger partial charge is 0.228 e. The molecule has 3 aromatic rings. The summed E-state index contributed by atoms with van der Waals surface area (Å²) >= 11 is 0. The Labute approximate surface area is 164 Å². The zero-order valence-electron chi connectivity index (χ0n) is 15.7. The molecule has 2 fully saturated rings. The molecule has 1 N–H and O–H groups in total. The van der Waals surface area contributed by atoms with Crippen LogP contribution >= 0.6 is 0 Å². The molecule has 1 heterocycles. The van der Waals surface area contributed by atoms with Crippen LogP contribution in [0.2, 0.25) is 0 Å². The highest BCUT2D eigenvalue weighted by molar-refractivity contribution is 6.03. The van der Waals surface area contributed by atoms with Crippen molar-refractivity contribution in [2.75, 3.05) is 5.32 Å². The average Bonchev–Trinajstić information content (AvgIpc) is 3.41. The number of amides is 1. The highest BCUT2D eigenvalue weighted by atomic mass is 19.1. The fraction of sp³-hybridized carbons (Fsp3) is 0.333. The number of nitrogens with one attached hydrogen (secondary N) is 1. The lowest BCUT2D eigenvalue weighted by Crippen LogP contribution is -2.20. The van der Waals surface area contributed by atoms with Crippen LogP contribution in [0.15, 0.2) is 54.7 Å². The lowest BCUT2D eigenvalue weighted by Gasteiger charge is -2.22. The predicted molar refractivity (Wildman–Crippen MR) is 109 cm³/mol. The number of halogens is 1. The van der Waals surface area contributed by atoms with Crippen molar-refractivity contribution in [1.29, 1.82) is 0 Å². The first-order chi connectivity index (χ1) is 13.7. The number of carbonyl (C=O) groups excluding carboxylic acids is 1. The Kier molecular flexibility index (Phi) is 4.15. The summed E-state index contributed by atoms with van der Waals surface area (Å²) in [5, 5.41) is 3.92. The molecule has 5 rings (SSSR count). The number of hydrogen-bond donors (Lipinski definition) is 1. The van der Waals surface area contributed by atoms with Gasteiger partial charge < -0.3 is 5.32 Å². The maximum atomic E-state index is 13.9. The van der Waals surface area contributed by atoms with Gasteiger partial charge >= 0.3 is 0 Å². The topological polar surface area (TPSA) is 42.0 Å². The van der Waals surface area contributed by atoms with Gasteiger partial charge in [0.15, 0.2) is 0 Å². The Bertz CT molecular complexity index is 1060. The highest BCUT2D eigenvalue weighted by Crippen LogP contribution is 2.61. The molecule has 2 aliphatic rings. The van der Waals surface area contributed by atoms with E-state index in [1.54, 1.807) is 12.3 Å². The molecule has 142 valence electrons. The van der Waals surface area contributed by atoms with Crippen molar-refractivity contribution < 1.29 is 9.18 Å². The summed E-state index contributed by atoms with van der Waals surface area (Å²) in [5.41, 5.74) is 3.55. The zero-order valence-corrected chi connectivity index (χ0v) is 15.7. The lowest BCUT2D eigenvalue weighted by molar-refractivity contribution is -0.118. The summed E-state index contributed by atoms with van der Waals surface area (Å²) in [5.74, 6) is -0.0353. The van der Waals surface area contributed by atoms with E-state index in [-0.39, 0.29) is 23.1 Å². The molecule has 0 aliphatic heterocycles. The average molecular weight is 374 g/mol. The van der Waals surface area contributed by atoms with Crippen LogP contribution in [-0.4, -0.2) is 10.9 Å². The number of nitrogens with zero attached hydrogens (tertiary/aromatic N) is 1. The number of rotatable bonds is 3. The molecule has 3 nitrogen and oxygen atoms in total. The van der Waals surface area contributed by atoms with Gasteiger partial charge in [-0.25, -0.2) is 4.39 Å².